The Hall–Kier alpha value is -2.25. The number of aromatic nitrogens is 2. The number of nitrogens with zero attached hydrogens (tertiary/aromatic N) is 2. The molecule has 1 aromatic carbocycles. The number of benzene rings is 1. The quantitative estimate of drug-likeness (QED) is 0.397. The van der Waals surface area contributed by atoms with Gasteiger partial charge in [-0.05, 0) is 37.0 Å². The molecule has 0 atom stereocenters. The molecule has 2 aromatic heterocycles. The van der Waals surface area contributed by atoms with Crippen LogP contribution in [0.3, 0.4) is 0 Å². The molecule has 0 amide bonds. The summed E-state index contributed by atoms with van der Waals surface area (Å²) in [6.45, 7) is 1.58. The second kappa shape index (κ2) is 8.12. The molecule has 0 saturated heterocycles. The Kier molecular flexibility index (Phi) is 5.68. The van der Waals surface area contributed by atoms with Gasteiger partial charge in [-0.15, -0.1) is 0 Å². The maximum absolute atomic E-state index is 13.3. The van der Waals surface area contributed by atoms with Gasteiger partial charge in [0.1, 0.15) is 18.1 Å². The summed E-state index contributed by atoms with van der Waals surface area (Å²) in [5.41, 5.74) is 0.711. The van der Waals surface area contributed by atoms with Crippen LogP contribution >= 0.6 is 23.2 Å². The minimum Gasteiger partial charge on any atom is -0.473 e. The summed E-state index contributed by atoms with van der Waals surface area (Å²) in [6.07, 6.45) is -2.45. The molecular formula is C21H17Cl2F3N2O2. The van der Waals surface area contributed by atoms with Crippen molar-refractivity contribution in [3.8, 4) is 17.1 Å². The van der Waals surface area contributed by atoms with Crippen LogP contribution in [0.5, 0.6) is 5.88 Å². The highest BCUT2D eigenvalue weighted by molar-refractivity contribution is 6.39. The second-order valence-corrected chi connectivity index (χ2v) is 7.86. The van der Waals surface area contributed by atoms with Gasteiger partial charge in [0.05, 0.1) is 15.6 Å². The van der Waals surface area contributed by atoms with Gasteiger partial charge in [-0.2, -0.15) is 13.2 Å². The topological polar surface area (TPSA) is 48.2 Å². The van der Waals surface area contributed by atoms with Gasteiger partial charge in [-0.3, -0.25) is 0 Å². The van der Waals surface area contributed by atoms with Crippen LogP contribution in [0.25, 0.3) is 11.3 Å². The van der Waals surface area contributed by atoms with Crippen LogP contribution < -0.4 is 4.74 Å². The Morgan fingerprint density at radius 3 is 2.43 bits per heavy atom. The molecule has 1 aliphatic carbocycles. The summed E-state index contributed by atoms with van der Waals surface area (Å²) in [5, 5.41) is 4.93. The van der Waals surface area contributed by atoms with E-state index >= 15 is 0 Å². The SMILES string of the molecule is CCc1ccc(OCc2c(-c3c(Cl)cccc3Cl)noc2C2CC2)nc1C(F)(F)F. The smallest absolute Gasteiger partial charge is 0.433 e. The van der Waals surface area contributed by atoms with E-state index in [9.17, 15) is 13.2 Å². The molecule has 0 unspecified atom stereocenters. The first-order chi connectivity index (χ1) is 14.3. The van der Waals surface area contributed by atoms with E-state index in [1.807, 2.05) is 0 Å². The predicted octanol–water partition coefficient (Wildman–Crippen LogP) is 7.08. The molecule has 2 heterocycles. The molecule has 3 aromatic rings. The molecule has 0 spiro atoms. The first-order valence-corrected chi connectivity index (χ1v) is 10.2. The van der Waals surface area contributed by atoms with Crippen molar-refractivity contribution < 1.29 is 22.4 Å². The summed E-state index contributed by atoms with van der Waals surface area (Å²) >= 11 is 12.6. The van der Waals surface area contributed by atoms with Gasteiger partial charge < -0.3 is 9.26 Å². The normalized spacial score (nSPS) is 14.2. The maximum Gasteiger partial charge on any atom is 0.433 e. The number of halogens is 5. The largest absolute Gasteiger partial charge is 0.473 e. The number of hydrogen-bond acceptors (Lipinski definition) is 4. The van der Waals surface area contributed by atoms with Crippen molar-refractivity contribution in [1.29, 1.82) is 0 Å². The highest BCUT2D eigenvalue weighted by Crippen LogP contribution is 2.46. The van der Waals surface area contributed by atoms with Gasteiger partial charge in [0, 0.05) is 17.5 Å². The number of pyridine rings is 1. The summed E-state index contributed by atoms with van der Waals surface area (Å²) in [5.74, 6) is 0.716. The van der Waals surface area contributed by atoms with E-state index in [2.05, 4.69) is 10.1 Å². The standard InChI is InChI=1S/C21H17Cl2F3N2O2/c1-2-11-8-9-16(27-20(11)21(24,25)26)29-10-13-18(28-30-19(13)12-6-7-12)17-14(22)4-3-5-15(17)23/h3-5,8-9,12H,2,6-7,10H2,1H3. The van der Waals surface area contributed by atoms with E-state index in [-0.39, 0.29) is 30.4 Å². The zero-order valence-corrected chi connectivity index (χ0v) is 17.4. The number of rotatable bonds is 6. The van der Waals surface area contributed by atoms with Gasteiger partial charge in [0.15, 0.2) is 5.69 Å². The predicted molar refractivity (Wildman–Crippen MR) is 107 cm³/mol. The Labute approximate surface area is 180 Å². The summed E-state index contributed by atoms with van der Waals surface area (Å²) in [6, 6.07) is 7.89. The lowest BCUT2D eigenvalue weighted by atomic mass is 10.0. The van der Waals surface area contributed by atoms with Crippen molar-refractivity contribution in [2.45, 2.75) is 44.9 Å². The van der Waals surface area contributed by atoms with E-state index in [0.29, 0.717) is 32.6 Å². The molecule has 0 bridgehead atoms. The van der Waals surface area contributed by atoms with Crippen LogP contribution in [0.1, 0.15) is 48.3 Å². The van der Waals surface area contributed by atoms with Crippen molar-refractivity contribution in [3.05, 3.63) is 63.0 Å². The molecule has 9 heteroatoms. The number of ether oxygens (including phenoxy) is 1. The molecular weight excluding hydrogens is 440 g/mol. The fourth-order valence-electron chi connectivity index (χ4n) is 3.28. The summed E-state index contributed by atoms with van der Waals surface area (Å²) in [7, 11) is 0. The third-order valence-electron chi connectivity index (χ3n) is 4.93. The molecule has 0 N–H and O–H groups in total. The molecule has 158 valence electrons. The Bertz CT molecular complexity index is 1060. The third kappa shape index (κ3) is 4.14. The van der Waals surface area contributed by atoms with Gasteiger partial charge in [0.25, 0.3) is 0 Å². The molecule has 0 radical (unpaired) electrons. The van der Waals surface area contributed by atoms with Crippen LogP contribution in [0.2, 0.25) is 10.0 Å². The highest BCUT2D eigenvalue weighted by atomic mass is 35.5. The molecule has 1 fully saturated rings. The van der Waals surface area contributed by atoms with Crippen molar-refractivity contribution in [1.82, 2.24) is 10.1 Å². The first kappa shape index (κ1) is 21.0. The van der Waals surface area contributed by atoms with Crippen LogP contribution in [-0.2, 0) is 19.2 Å². The van der Waals surface area contributed by atoms with Gasteiger partial charge in [-0.1, -0.05) is 47.4 Å². The maximum atomic E-state index is 13.3. The number of alkyl halides is 3. The Morgan fingerprint density at radius 2 is 1.83 bits per heavy atom. The molecule has 4 nitrogen and oxygen atoms in total. The van der Waals surface area contributed by atoms with Crippen molar-refractivity contribution in [2.24, 2.45) is 0 Å². The lowest BCUT2D eigenvalue weighted by molar-refractivity contribution is -0.142. The molecule has 1 aliphatic rings. The zero-order chi connectivity index (χ0) is 21.5. The lowest BCUT2D eigenvalue weighted by Gasteiger charge is -2.13. The molecule has 0 aliphatic heterocycles. The summed E-state index contributed by atoms with van der Waals surface area (Å²) < 4.78 is 51.1. The summed E-state index contributed by atoms with van der Waals surface area (Å²) in [4.78, 5) is 3.69. The van der Waals surface area contributed by atoms with Crippen molar-refractivity contribution in [3.63, 3.8) is 0 Å². The first-order valence-electron chi connectivity index (χ1n) is 9.42. The fraction of sp³-hybridized carbons (Fsp3) is 0.333. The Balaban J connectivity index is 1.68. The van der Waals surface area contributed by atoms with E-state index in [0.717, 1.165) is 12.8 Å². The van der Waals surface area contributed by atoms with Crippen LogP contribution in [0.15, 0.2) is 34.9 Å². The number of aryl methyl sites for hydroxylation is 1. The molecule has 30 heavy (non-hydrogen) atoms. The van der Waals surface area contributed by atoms with Crippen LogP contribution in [0, 0.1) is 0 Å². The van der Waals surface area contributed by atoms with E-state index in [4.69, 9.17) is 32.5 Å². The fourth-order valence-corrected chi connectivity index (χ4v) is 3.85. The van der Waals surface area contributed by atoms with E-state index in [1.54, 1.807) is 25.1 Å². The van der Waals surface area contributed by atoms with Gasteiger partial charge in [-0.25, -0.2) is 4.98 Å². The average molecular weight is 457 g/mol. The van der Waals surface area contributed by atoms with Crippen molar-refractivity contribution >= 4 is 23.2 Å². The molecule has 1 saturated carbocycles. The van der Waals surface area contributed by atoms with E-state index in [1.165, 1.54) is 12.1 Å². The second-order valence-electron chi connectivity index (χ2n) is 7.04. The van der Waals surface area contributed by atoms with Gasteiger partial charge in [0.2, 0.25) is 5.88 Å². The monoisotopic (exact) mass is 456 g/mol. The van der Waals surface area contributed by atoms with E-state index < -0.39 is 11.9 Å². The van der Waals surface area contributed by atoms with Crippen LogP contribution in [0.4, 0.5) is 13.2 Å². The lowest BCUT2D eigenvalue weighted by Crippen LogP contribution is -2.13. The minimum absolute atomic E-state index is 0.0675. The number of hydrogen-bond donors (Lipinski definition) is 0. The minimum atomic E-state index is -4.56. The van der Waals surface area contributed by atoms with Crippen molar-refractivity contribution in [2.75, 3.05) is 0 Å². The zero-order valence-electron chi connectivity index (χ0n) is 15.9. The molecule has 4 rings (SSSR count). The highest BCUT2D eigenvalue weighted by Gasteiger charge is 2.36. The average Bonchev–Trinajstić information content (AvgIpc) is 3.46. The van der Waals surface area contributed by atoms with Gasteiger partial charge >= 0.3 is 6.18 Å². The van der Waals surface area contributed by atoms with Crippen LogP contribution in [-0.4, -0.2) is 10.1 Å². The Morgan fingerprint density at radius 1 is 1.13 bits per heavy atom. The third-order valence-corrected chi connectivity index (χ3v) is 5.56.